The van der Waals surface area contributed by atoms with Crippen molar-refractivity contribution in [2.24, 2.45) is 5.11 Å². The lowest BCUT2D eigenvalue weighted by Gasteiger charge is -2.14. The third-order valence-corrected chi connectivity index (χ3v) is 2.16. The van der Waals surface area contributed by atoms with E-state index in [2.05, 4.69) is 15.3 Å². The van der Waals surface area contributed by atoms with Gasteiger partial charge in [-0.1, -0.05) is 17.2 Å². The van der Waals surface area contributed by atoms with Crippen LogP contribution in [0.2, 0.25) is 0 Å². The van der Waals surface area contributed by atoms with Crippen LogP contribution in [0.4, 0.5) is 16.2 Å². The van der Waals surface area contributed by atoms with E-state index in [0.29, 0.717) is 18.8 Å². The number of rotatable bonds is 2. The van der Waals surface area contributed by atoms with Gasteiger partial charge in [0, 0.05) is 29.4 Å². The van der Waals surface area contributed by atoms with Crippen LogP contribution in [-0.2, 0) is 0 Å². The number of hydrogen-bond acceptors (Lipinski definition) is 2. The van der Waals surface area contributed by atoms with Gasteiger partial charge in [-0.3, -0.25) is 4.90 Å². The van der Waals surface area contributed by atoms with Crippen molar-refractivity contribution >= 4 is 17.4 Å². The first kappa shape index (κ1) is 9.36. The lowest BCUT2D eigenvalue weighted by molar-refractivity contribution is 0.252. The van der Waals surface area contributed by atoms with Crippen LogP contribution in [-0.4, -0.2) is 19.1 Å². The molecule has 6 heteroatoms. The number of azide groups is 1. The van der Waals surface area contributed by atoms with Crippen LogP contribution in [0.5, 0.6) is 0 Å². The molecule has 0 unspecified atom stereocenters. The van der Waals surface area contributed by atoms with Crippen molar-refractivity contribution in [2.75, 3.05) is 18.0 Å². The van der Waals surface area contributed by atoms with Crippen molar-refractivity contribution < 1.29 is 4.79 Å². The molecule has 0 bridgehead atoms. The molecule has 1 aromatic carbocycles. The van der Waals surface area contributed by atoms with E-state index >= 15 is 0 Å². The van der Waals surface area contributed by atoms with Gasteiger partial charge in [-0.05, 0) is 17.7 Å². The summed E-state index contributed by atoms with van der Waals surface area (Å²) in [6.07, 6.45) is 0. The Balaban J connectivity index is 2.31. The predicted octanol–water partition coefficient (Wildman–Crippen LogP) is 2.16. The monoisotopic (exact) mass is 203 g/mol. The highest BCUT2D eigenvalue weighted by atomic mass is 16.2. The normalized spacial score (nSPS) is 14.7. The minimum atomic E-state index is -0.118. The number of benzene rings is 1. The number of amides is 2. The molecule has 1 saturated heterocycles. The van der Waals surface area contributed by atoms with Crippen LogP contribution in [0.1, 0.15) is 0 Å². The van der Waals surface area contributed by atoms with Crippen molar-refractivity contribution in [2.45, 2.75) is 0 Å². The molecule has 2 rings (SSSR count). The summed E-state index contributed by atoms with van der Waals surface area (Å²) in [5.74, 6) is 0. The first-order valence-corrected chi connectivity index (χ1v) is 4.52. The van der Waals surface area contributed by atoms with E-state index < -0.39 is 0 Å². The van der Waals surface area contributed by atoms with Crippen molar-refractivity contribution in [3.8, 4) is 0 Å². The summed E-state index contributed by atoms with van der Waals surface area (Å²) in [5.41, 5.74) is 9.55. The summed E-state index contributed by atoms with van der Waals surface area (Å²) in [4.78, 5) is 15.7. The van der Waals surface area contributed by atoms with Gasteiger partial charge in [0.1, 0.15) is 0 Å². The molecule has 0 radical (unpaired) electrons. The predicted molar refractivity (Wildman–Crippen MR) is 56.0 cm³/mol. The fourth-order valence-corrected chi connectivity index (χ4v) is 1.49. The molecule has 2 amide bonds. The van der Waals surface area contributed by atoms with Gasteiger partial charge in [0.25, 0.3) is 0 Å². The van der Waals surface area contributed by atoms with Crippen LogP contribution in [0.25, 0.3) is 10.4 Å². The molecule has 1 aliphatic rings. The van der Waals surface area contributed by atoms with Crippen molar-refractivity contribution in [1.29, 1.82) is 0 Å². The van der Waals surface area contributed by atoms with Gasteiger partial charge < -0.3 is 5.32 Å². The van der Waals surface area contributed by atoms with Crippen LogP contribution < -0.4 is 10.2 Å². The van der Waals surface area contributed by atoms with Crippen molar-refractivity contribution in [3.05, 3.63) is 34.7 Å². The maximum Gasteiger partial charge on any atom is 0.321 e. The Morgan fingerprint density at radius 1 is 1.53 bits per heavy atom. The number of anilines is 1. The standard InChI is InChI=1S/C9H9N5O/c10-13-12-7-2-1-3-8(6-7)14-5-4-11-9(14)15/h1-3,6H,4-5H2,(H,11,15). The highest BCUT2D eigenvalue weighted by Gasteiger charge is 2.20. The molecule has 0 aliphatic carbocycles. The molecule has 1 aliphatic heterocycles. The Labute approximate surface area is 86.1 Å². The molecule has 15 heavy (non-hydrogen) atoms. The smallest absolute Gasteiger partial charge is 0.321 e. The summed E-state index contributed by atoms with van der Waals surface area (Å²) in [7, 11) is 0. The molecule has 1 N–H and O–H groups in total. The quantitative estimate of drug-likeness (QED) is 0.446. The minimum Gasteiger partial charge on any atom is -0.336 e. The van der Waals surface area contributed by atoms with Crippen LogP contribution >= 0.6 is 0 Å². The van der Waals surface area contributed by atoms with Gasteiger partial charge in [0.2, 0.25) is 0 Å². The zero-order chi connectivity index (χ0) is 10.7. The summed E-state index contributed by atoms with van der Waals surface area (Å²) in [5, 5.41) is 6.19. The molecule has 1 heterocycles. The number of nitrogens with one attached hydrogen (secondary N) is 1. The van der Waals surface area contributed by atoms with Gasteiger partial charge in [-0.25, -0.2) is 4.79 Å². The summed E-state index contributed by atoms with van der Waals surface area (Å²) in [6, 6.07) is 6.82. The van der Waals surface area contributed by atoms with Crippen LogP contribution in [0, 0.1) is 0 Å². The van der Waals surface area contributed by atoms with E-state index in [9.17, 15) is 4.79 Å². The van der Waals surface area contributed by atoms with E-state index in [1.54, 1.807) is 29.2 Å². The van der Waals surface area contributed by atoms with E-state index in [1.165, 1.54) is 0 Å². The Morgan fingerprint density at radius 2 is 2.40 bits per heavy atom. The van der Waals surface area contributed by atoms with Crippen molar-refractivity contribution in [1.82, 2.24) is 5.32 Å². The third kappa shape index (κ3) is 1.84. The second-order valence-electron chi connectivity index (χ2n) is 3.09. The number of urea groups is 1. The lowest BCUT2D eigenvalue weighted by atomic mass is 10.2. The first-order chi connectivity index (χ1) is 7.31. The van der Waals surface area contributed by atoms with Gasteiger partial charge in [-0.2, -0.15) is 0 Å². The van der Waals surface area contributed by atoms with Gasteiger partial charge in [0.15, 0.2) is 0 Å². The average molecular weight is 203 g/mol. The van der Waals surface area contributed by atoms with Crippen LogP contribution in [0.3, 0.4) is 0 Å². The first-order valence-electron chi connectivity index (χ1n) is 4.52. The lowest BCUT2D eigenvalue weighted by Crippen LogP contribution is -2.27. The number of nitrogens with zero attached hydrogens (tertiary/aromatic N) is 4. The fraction of sp³-hybridized carbons (Fsp3) is 0.222. The molecule has 0 atom stereocenters. The number of carbonyl (C=O) groups is 1. The zero-order valence-corrected chi connectivity index (χ0v) is 7.92. The molecule has 0 spiro atoms. The summed E-state index contributed by atoms with van der Waals surface area (Å²) in [6.45, 7) is 1.28. The Kier molecular flexibility index (Phi) is 2.43. The highest BCUT2D eigenvalue weighted by molar-refractivity contribution is 5.94. The number of carbonyl (C=O) groups excluding carboxylic acids is 1. The maximum absolute atomic E-state index is 11.4. The van der Waals surface area contributed by atoms with E-state index in [4.69, 9.17) is 5.53 Å². The van der Waals surface area contributed by atoms with E-state index in [0.717, 1.165) is 5.69 Å². The fourth-order valence-electron chi connectivity index (χ4n) is 1.49. The van der Waals surface area contributed by atoms with Crippen LogP contribution in [0.15, 0.2) is 29.4 Å². The van der Waals surface area contributed by atoms with E-state index in [1.807, 2.05) is 0 Å². The Hall–Kier alpha value is -2.20. The molecule has 6 nitrogen and oxygen atoms in total. The SMILES string of the molecule is [N-]=[N+]=Nc1cccc(N2CCNC2=O)c1. The molecule has 76 valence electrons. The average Bonchev–Trinajstić information content (AvgIpc) is 2.65. The Bertz CT molecular complexity index is 438. The molecule has 0 aromatic heterocycles. The molecule has 0 saturated carbocycles. The zero-order valence-electron chi connectivity index (χ0n) is 7.92. The van der Waals surface area contributed by atoms with Gasteiger partial charge >= 0.3 is 6.03 Å². The topological polar surface area (TPSA) is 81.1 Å². The molecular formula is C9H9N5O. The second kappa shape index (κ2) is 3.89. The molecule has 1 aromatic rings. The minimum absolute atomic E-state index is 0.118. The van der Waals surface area contributed by atoms with Gasteiger partial charge in [-0.15, -0.1) is 0 Å². The van der Waals surface area contributed by atoms with E-state index in [-0.39, 0.29) is 6.03 Å². The Morgan fingerprint density at radius 3 is 3.07 bits per heavy atom. The maximum atomic E-state index is 11.4. The largest absolute Gasteiger partial charge is 0.336 e. The number of hydrogen-bond donors (Lipinski definition) is 1. The molecule has 1 fully saturated rings. The summed E-state index contributed by atoms with van der Waals surface area (Å²) < 4.78 is 0. The van der Waals surface area contributed by atoms with Crippen molar-refractivity contribution in [3.63, 3.8) is 0 Å². The third-order valence-electron chi connectivity index (χ3n) is 2.16. The second-order valence-corrected chi connectivity index (χ2v) is 3.09. The highest BCUT2D eigenvalue weighted by Crippen LogP contribution is 2.22. The summed E-state index contributed by atoms with van der Waals surface area (Å²) >= 11 is 0. The molecular weight excluding hydrogens is 194 g/mol. The van der Waals surface area contributed by atoms with Gasteiger partial charge in [0.05, 0.1) is 0 Å².